The lowest BCUT2D eigenvalue weighted by atomic mass is 10.0. The average molecular weight is 520 g/mol. The second kappa shape index (κ2) is 11.4. The van der Waals surface area contributed by atoms with Crippen molar-refractivity contribution in [3.05, 3.63) is 129 Å². The number of carbonyl (C=O) groups is 1. The van der Waals surface area contributed by atoms with Gasteiger partial charge in [0.05, 0.1) is 12.0 Å². The molecule has 1 N–H and O–H groups in total. The lowest BCUT2D eigenvalue weighted by Gasteiger charge is -2.09. The molecule has 8 heteroatoms. The molecule has 1 amide bonds. The van der Waals surface area contributed by atoms with Crippen LogP contribution in [0.4, 0.5) is 0 Å². The highest BCUT2D eigenvalue weighted by Crippen LogP contribution is 2.21. The smallest absolute Gasteiger partial charge is 0.285 e. The van der Waals surface area contributed by atoms with Gasteiger partial charge in [0.2, 0.25) is 0 Å². The Bertz CT molecular complexity index is 1480. The first-order valence-electron chi connectivity index (χ1n) is 11.4. The van der Waals surface area contributed by atoms with Crippen LogP contribution in [0.5, 0.6) is 0 Å². The van der Waals surface area contributed by atoms with E-state index >= 15 is 0 Å². The Morgan fingerprint density at radius 2 is 1.64 bits per heavy atom. The molecular weight excluding hydrogens is 494 g/mol. The number of nitrogens with zero attached hydrogens (tertiary/aromatic N) is 2. The second-order valence-electron chi connectivity index (χ2n) is 8.40. The summed E-state index contributed by atoms with van der Waals surface area (Å²) in [6.45, 7) is 2.16. The summed E-state index contributed by atoms with van der Waals surface area (Å²) in [5.41, 5.74) is 4.02. The minimum absolute atomic E-state index is 0.0137. The second-order valence-corrected chi connectivity index (χ2v) is 10.4. The van der Waals surface area contributed by atoms with Crippen molar-refractivity contribution in [2.24, 2.45) is 0 Å². The first-order valence-corrected chi connectivity index (χ1v) is 13.4. The Balaban J connectivity index is 1.40. The van der Waals surface area contributed by atoms with Crippen LogP contribution in [0.15, 0.2) is 90.5 Å². The summed E-state index contributed by atoms with van der Waals surface area (Å²) >= 11 is 6.56. The van der Waals surface area contributed by atoms with E-state index < -0.39 is 15.9 Å². The first kappa shape index (κ1) is 25.4. The first-order chi connectivity index (χ1) is 17.3. The lowest BCUT2D eigenvalue weighted by Crippen LogP contribution is -2.29. The Morgan fingerprint density at radius 1 is 0.972 bits per heavy atom. The van der Waals surface area contributed by atoms with Crippen molar-refractivity contribution < 1.29 is 13.2 Å². The molecule has 0 atom stereocenters. The summed E-state index contributed by atoms with van der Waals surface area (Å²) in [5, 5.41) is 1.59. The Labute approximate surface area is 216 Å². The van der Waals surface area contributed by atoms with Crippen molar-refractivity contribution in [1.29, 1.82) is 0 Å². The molecule has 184 valence electrons. The van der Waals surface area contributed by atoms with E-state index in [2.05, 4.69) is 23.2 Å². The maximum absolute atomic E-state index is 12.6. The van der Waals surface area contributed by atoms with Crippen LogP contribution in [0.3, 0.4) is 0 Å². The number of nitrogens with one attached hydrogen (secondary N) is 1. The zero-order valence-corrected chi connectivity index (χ0v) is 21.3. The topological polar surface area (TPSA) is 81.1 Å². The van der Waals surface area contributed by atoms with Crippen LogP contribution in [-0.2, 0) is 29.4 Å². The SMILES string of the molecule is Cc1nc(C(=O)NS(=O)(=O)C=Cc2ccccc2)cn1Cc1ccc(CCc2ccccc2)cc1Cl. The average Bonchev–Trinajstić information content (AvgIpc) is 3.24. The van der Waals surface area contributed by atoms with E-state index in [1.54, 1.807) is 35.8 Å². The van der Waals surface area contributed by atoms with E-state index in [4.69, 9.17) is 11.6 Å². The van der Waals surface area contributed by atoms with Crippen LogP contribution in [0.2, 0.25) is 5.02 Å². The Hall–Kier alpha value is -3.68. The van der Waals surface area contributed by atoms with Crippen molar-refractivity contribution >= 4 is 33.6 Å². The van der Waals surface area contributed by atoms with Crippen LogP contribution in [-0.4, -0.2) is 23.9 Å². The predicted octanol–water partition coefficient (Wildman–Crippen LogP) is 5.41. The number of aromatic nitrogens is 2. The highest BCUT2D eigenvalue weighted by Gasteiger charge is 2.18. The van der Waals surface area contributed by atoms with Crippen LogP contribution in [0.1, 0.15) is 38.6 Å². The van der Waals surface area contributed by atoms with Gasteiger partial charge in [-0.15, -0.1) is 0 Å². The van der Waals surface area contributed by atoms with Crippen molar-refractivity contribution in [2.45, 2.75) is 26.3 Å². The van der Waals surface area contributed by atoms with Crippen molar-refractivity contribution in [3.8, 4) is 0 Å². The third kappa shape index (κ3) is 6.93. The molecule has 0 bridgehead atoms. The van der Waals surface area contributed by atoms with Gasteiger partial charge >= 0.3 is 0 Å². The van der Waals surface area contributed by atoms with Crippen molar-refractivity contribution in [1.82, 2.24) is 14.3 Å². The van der Waals surface area contributed by atoms with Gasteiger partial charge in [0.25, 0.3) is 15.9 Å². The predicted molar refractivity (Wildman–Crippen MR) is 143 cm³/mol. The van der Waals surface area contributed by atoms with E-state index in [0.29, 0.717) is 23.0 Å². The van der Waals surface area contributed by atoms with E-state index in [1.807, 2.05) is 41.1 Å². The molecule has 4 rings (SSSR count). The fraction of sp³-hybridized carbons (Fsp3) is 0.143. The number of rotatable bonds is 9. The molecule has 0 saturated carbocycles. The molecular formula is C28H26ClN3O3S. The minimum atomic E-state index is -3.98. The number of aryl methyl sites for hydroxylation is 3. The minimum Gasteiger partial charge on any atom is -0.330 e. The molecule has 0 unspecified atom stereocenters. The van der Waals surface area contributed by atoms with Crippen LogP contribution >= 0.6 is 11.6 Å². The lowest BCUT2D eigenvalue weighted by molar-refractivity contribution is 0.0977. The maximum Gasteiger partial charge on any atom is 0.285 e. The number of halogens is 1. The van der Waals surface area contributed by atoms with E-state index in [1.165, 1.54) is 17.8 Å². The summed E-state index contributed by atoms with van der Waals surface area (Å²) in [7, 11) is -3.98. The number of imidazole rings is 1. The highest BCUT2D eigenvalue weighted by molar-refractivity contribution is 7.93. The summed E-state index contributed by atoms with van der Waals surface area (Å²) in [6.07, 6.45) is 4.76. The van der Waals surface area contributed by atoms with E-state index in [9.17, 15) is 13.2 Å². The molecule has 1 heterocycles. The third-order valence-corrected chi connectivity index (χ3v) is 7.00. The number of hydrogen-bond donors (Lipinski definition) is 1. The van der Waals surface area contributed by atoms with E-state index in [-0.39, 0.29) is 5.69 Å². The molecule has 0 radical (unpaired) electrons. The molecule has 0 spiro atoms. The molecule has 4 aromatic rings. The van der Waals surface area contributed by atoms with Gasteiger partial charge in [0.15, 0.2) is 0 Å². The van der Waals surface area contributed by atoms with Gasteiger partial charge in [-0.05, 0) is 54.2 Å². The van der Waals surface area contributed by atoms with E-state index in [0.717, 1.165) is 29.4 Å². The quantitative estimate of drug-likeness (QED) is 0.320. The molecule has 0 saturated heterocycles. The highest BCUT2D eigenvalue weighted by atomic mass is 35.5. The van der Waals surface area contributed by atoms with Crippen molar-refractivity contribution in [3.63, 3.8) is 0 Å². The normalized spacial score (nSPS) is 11.6. The molecule has 0 aliphatic carbocycles. The fourth-order valence-electron chi connectivity index (χ4n) is 3.72. The molecule has 0 fully saturated rings. The summed E-state index contributed by atoms with van der Waals surface area (Å²) in [6, 6.07) is 25.2. The number of carbonyl (C=O) groups excluding carboxylic acids is 1. The zero-order chi connectivity index (χ0) is 25.5. The van der Waals surface area contributed by atoms with Crippen molar-refractivity contribution in [2.75, 3.05) is 0 Å². The Morgan fingerprint density at radius 3 is 2.33 bits per heavy atom. The van der Waals surface area contributed by atoms with Crippen LogP contribution in [0, 0.1) is 6.92 Å². The van der Waals surface area contributed by atoms with Gasteiger partial charge in [-0.25, -0.2) is 18.1 Å². The number of sulfonamides is 1. The van der Waals surface area contributed by atoms with Crippen LogP contribution < -0.4 is 4.72 Å². The molecule has 0 aliphatic heterocycles. The molecule has 1 aromatic heterocycles. The zero-order valence-electron chi connectivity index (χ0n) is 19.8. The number of amides is 1. The molecule has 3 aromatic carbocycles. The van der Waals surface area contributed by atoms with Gasteiger partial charge in [0, 0.05) is 11.2 Å². The number of hydrogen-bond acceptors (Lipinski definition) is 4. The fourth-order valence-corrected chi connectivity index (χ4v) is 4.75. The van der Waals surface area contributed by atoms with Gasteiger partial charge in [-0.2, -0.15) is 0 Å². The molecule has 6 nitrogen and oxygen atoms in total. The summed E-state index contributed by atoms with van der Waals surface area (Å²) in [5.74, 6) is -0.224. The van der Waals surface area contributed by atoms with Gasteiger partial charge in [-0.3, -0.25) is 4.79 Å². The number of benzene rings is 3. The van der Waals surface area contributed by atoms with Gasteiger partial charge < -0.3 is 4.57 Å². The maximum atomic E-state index is 12.6. The summed E-state index contributed by atoms with van der Waals surface area (Å²) < 4.78 is 28.4. The standard InChI is InChI=1S/C28H26ClN3O3S/c1-21-30-27(28(33)31-36(34,35)17-16-23-10-6-3-7-11-23)20-32(21)19-25-15-14-24(18-26(25)29)13-12-22-8-4-2-5-9-22/h2-11,14-18,20H,12-13,19H2,1H3,(H,31,33). The largest absolute Gasteiger partial charge is 0.330 e. The summed E-state index contributed by atoms with van der Waals surface area (Å²) in [4.78, 5) is 16.8. The van der Waals surface area contributed by atoms with Gasteiger partial charge in [0.1, 0.15) is 11.5 Å². The van der Waals surface area contributed by atoms with Crippen LogP contribution in [0.25, 0.3) is 6.08 Å². The Kier molecular flexibility index (Phi) is 8.03. The molecule has 0 aliphatic rings. The monoisotopic (exact) mass is 519 g/mol. The third-order valence-electron chi connectivity index (χ3n) is 5.69. The van der Waals surface area contributed by atoms with Gasteiger partial charge in [-0.1, -0.05) is 84.4 Å². The molecule has 36 heavy (non-hydrogen) atoms.